The first-order valence-corrected chi connectivity index (χ1v) is 7.83. The molecule has 2 aromatic heterocycles. The summed E-state index contributed by atoms with van der Waals surface area (Å²) in [7, 11) is 1.98. The molecule has 0 spiro atoms. The van der Waals surface area contributed by atoms with Crippen molar-refractivity contribution in [2.45, 2.75) is 19.5 Å². The van der Waals surface area contributed by atoms with Crippen LogP contribution in [0.5, 0.6) is 0 Å². The van der Waals surface area contributed by atoms with E-state index in [9.17, 15) is 4.39 Å². The van der Waals surface area contributed by atoms with Gasteiger partial charge in [-0.2, -0.15) is 0 Å². The Morgan fingerprint density at radius 3 is 2.68 bits per heavy atom. The van der Waals surface area contributed by atoms with Crippen LogP contribution in [-0.2, 0) is 6.54 Å². The largest absolute Gasteiger partial charge is 0.418 e. The number of benzene rings is 1. The van der Waals surface area contributed by atoms with E-state index >= 15 is 0 Å². The van der Waals surface area contributed by atoms with E-state index in [0.29, 0.717) is 18.3 Å². The Hall–Kier alpha value is -2.05. The SMILES string of the molecule is C[C@@H](c1nnc(-c2cccs2)o1)N(C)Cc1ccc(F)cc1. The maximum absolute atomic E-state index is 12.9. The van der Waals surface area contributed by atoms with Gasteiger partial charge >= 0.3 is 0 Å². The van der Waals surface area contributed by atoms with Crippen molar-refractivity contribution in [2.24, 2.45) is 0 Å². The Kier molecular flexibility index (Phi) is 4.31. The van der Waals surface area contributed by atoms with Crippen LogP contribution in [0.15, 0.2) is 46.2 Å². The summed E-state index contributed by atoms with van der Waals surface area (Å²) >= 11 is 1.57. The van der Waals surface area contributed by atoms with Crippen molar-refractivity contribution in [1.82, 2.24) is 15.1 Å². The molecule has 0 aliphatic heterocycles. The van der Waals surface area contributed by atoms with Crippen molar-refractivity contribution >= 4 is 11.3 Å². The average Bonchev–Trinajstić information content (AvgIpc) is 3.19. The van der Waals surface area contributed by atoms with E-state index in [1.807, 2.05) is 31.5 Å². The predicted octanol–water partition coefficient (Wildman–Crippen LogP) is 4.13. The summed E-state index contributed by atoms with van der Waals surface area (Å²) in [6.45, 7) is 2.69. The zero-order valence-corrected chi connectivity index (χ0v) is 13.2. The minimum Gasteiger partial charge on any atom is -0.418 e. The van der Waals surface area contributed by atoms with Crippen molar-refractivity contribution in [3.05, 3.63) is 59.0 Å². The van der Waals surface area contributed by atoms with E-state index in [4.69, 9.17) is 4.42 Å². The van der Waals surface area contributed by atoms with E-state index < -0.39 is 0 Å². The lowest BCUT2D eigenvalue weighted by atomic mass is 10.2. The standard InChI is InChI=1S/C16H16FN3OS/c1-11(20(2)10-12-5-7-13(17)8-6-12)15-18-19-16(21-15)14-4-3-9-22-14/h3-9,11H,10H2,1-2H3/t11-/m0/s1. The molecule has 0 unspecified atom stereocenters. The van der Waals surface area contributed by atoms with E-state index in [0.717, 1.165) is 10.4 Å². The van der Waals surface area contributed by atoms with Gasteiger partial charge in [0.15, 0.2) is 0 Å². The van der Waals surface area contributed by atoms with Crippen LogP contribution < -0.4 is 0 Å². The second-order valence-corrected chi connectivity index (χ2v) is 6.09. The van der Waals surface area contributed by atoms with Gasteiger partial charge in [-0.3, -0.25) is 4.90 Å². The highest BCUT2D eigenvalue weighted by atomic mass is 32.1. The average molecular weight is 317 g/mol. The summed E-state index contributed by atoms with van der Waals surface area (Å²) in [5.74, 6) is 0.900. The quantitative estimate of drug-likeness (QED) is 0.709. The Morgan fingerprint density at radius 1 is 1.23 bits per heavy atom. The number of halogens is 1. The maximum atomic E-state index is 12.9. The fourth-order valence-electron chi connectivity index (χ4n) is 2.11. The van der Waals surface area contributed by atoms with Crippen LogP contribution in [0.3, 0.4) is 0 Å². The molecule has 0 radical (unpaired) electrons. The number of hydrogen-bond acceptors (Lipinski definition) is 5. The molecule has 4 nitrogen and oxygen atoms in total. The zero-order chi connectivity index (χ0) is 15.5. The highest BCUT2D eigenvalue weighted by Gasteiger charge is 2.19. The molecule has 0 bridgehead atoms. The molecule has 0 aliphatic rings. The molecular weight excluding hydrogens is 301 g/mol. The highest BCUT2D eigenvalue weighted by molar-refractivity contribution is 7.13. The lowest BCUT2D eigenvalue weighted by Gasteiger charge is -2.21. The van der Waals surface area contributed by atoms with Gasteiger partial charge in [0.05, 0.1) is 10.9 Å². The van der Waals surface area contributed by atoms with Gasteiger partial charge in [-0.15, -0.1) is 21.5 Å². The molecule has 0 N–H and O–H groups in total. The van der Waals surface area contributed by atoms with Gasteiger partial charge in [0, 0.05) is 6.54 Å². The molecular formula is C16H16FN3OS. The summed E-state index contributed by atoms with van der Waals surface area (Å²) in [6.07, 6.45) is 0. The molecule has 22 heavy (non-hydrogen) atoms. The van der Waals surface area contributed by atoms with Crippen LogP contribution in [0, 0.1) is 5.82 Å². The van der Waals surface area contributed by atoms with Crippen molar-refractivity contribution < 1.29 is 8.81 Å². The Balaban J connectivity index is 1.70. The summed E-state index contributed by atoms with van der Waals surface area (Å²) in [5, 5.41) is 10.2. The van der Waals surface area contributed by atoms with Crippen molar-refractivity contribution in [3.63, 3.8) is 0 Å². The predicted molar refractivity (Wildman–Crippen MR) is 83.9 cm³/mol. The molecule has 6 heteroatoms. The van der Waals surface area contributed by atoms with E-state index in [-0.39, 0.29) is 11.9 Å². The maximum Gasteiger partial charge on any atom is 0.257 e. The molecule has 3 aromatic rings. The molecule has 0 aliphatic carbocycles. The van der Waals surface area contributed by atoms with Crippen LogP contribution in [0.1, 0.15) is 24.4 Å². The van der Waals surface area contributed by atoms with E-state index in [2.05, 4.69) is 15.1 Å². The lowest BCUT2D eigenvalue weighted by Crippen LogP contribution is -2.22. The third kappa shape index (κ3) is 3.23. The number of nitrogens with zero attached hydrogens (tertiary/aromatic N) is 3. The number of aromatic nitrogens is 2. The van der Waals surface area contributed by atoms with Crippen molar-refractivity contribution in [3.8, 4) is 10.8 Å². The molecule has 0 fully saturated rings. The number of hydrogen-bond donors (Lipinski definition) is 0. The van der Waals surface area contributed by atoms with Gasteiger partial charge in [0.2, 0.25) is 5.89 Å². The summed E-state index contributed by atoms with van der Waals surface area (Å²) < 4.78 is 18.7. The van der Waals surface area contributed by atoms with Gasteiger partial charge in [-0.25, -0.2) is 4.39 Å². The minimum atomic E-state index is -0.225. The second-order valence-electron chi connectivity index (χ2n) is 5.14. The molecule has 2 heterocycles. The second kappa shape index (κ2) is 6.37. The first-order valence-electron chi connectivity index (χ1n) is 6.95. The monoisotopic (exact) mass is 317 g/mol. The van der Waals surface area contributed by atoms with Crippen LogP contribution in [-0.4, -0.2) is 22.1 Å². The Bertz CT molecular complexity index is 724. The van der Waals surface area contributed by atoms with Crippen molar-refractivity contribution in [2.75, 3.05) is 7.05 Å². The van der Waals surface area contributed by atoms with Gasteiger partial charge in [0.25, 0.3) is 5.89 Å². The first kappa shape index (κ1) is 14.9. The molecule has 1 aromatic carbocycles. The smallest absolute Gasteiger partial charge is 0.257 e. The van der Waals surface area contributed by atoms with Gasteiger partial charge in [-0.1, -0.05) is 18.2 Å². The number of rotatable bonds is 5. The van der Waals surface area contributed by atoms with Crippen LogP contribution >= 0.6 is 11.3 Å². The summed E-state index contributed by atoms with van der Waals surface area (Å²) in [4.78, 5) is 3.05. The topological polar surface area (TPSA) is 42.2 Å². The van der Waals surface area contributed by atoms with Gasteiger partial charge in [-0.05, 0) is 43.1 Å². The van der Waals surface area contributed by atoms with Crippen LogP contribution in [0.4, 0.5) is 4.39 Å². The van der Waals surface area contributed by atoms with E-state index in [1.54, 1.807) is 23.5 Å². The molecule has 114 valence electrons. The van der Waals surface area contributed by atoms with E-state index in [1.165, 1.54) is 12.1 Å². The van der Waals surface area contributed by atoms with Crippen molar-refractivity contribution in [1.29, 1.82) is 0 Å². The first-order chi connectivity index (χ1) is 10.6. The lowest BCUT2D eigenvalue weighted by molar-refractivity contribution is 0.218. The fourth-order valence-corrected chi connectivity index (χ4v) is 2.75. The fraction of sp³-hybridized carbons (Fsp3) is 0.250. The normalized spacial score (nSPS) is 12.7. The summed E-state index contributed by atoms with van der Waals surface area (Å²) in [6, 6.07) is 10.4. The Morgan fingerprint density at radius 2 is 2.00 bits per heavy atom. The van der Waals surface area contributed by atoms with Gasteiger partial charge in [0.1, 0.15) is 5.82 Å². The molecule has 3 rings (SSSR count). The van der Waals surface area contributed by atoms with Crippen LogP contribution in [0.2, 0.25) is 0 Å². The highest BCUT2D eigenvalue weighted by Crippen LogP contribution is 2.26. The zero-order valence-electron chi connectivity index (χ0n) is 12.4. The molecule has 1 atom stereocenters. The summed E-state index contributed by atoms with van der Waals surface area (Å²) in [5.41, 5.74) is 1.04. The Labute approximate surface area is 132 Å². The molecule has 0 amide bonds. The minimum absolute atomic E-state index is 0.0220. The van der Waals surface area contributed by atoms with Crippen LogP contribution in [0.25, 0.3) is 10.8 Å². The number of thiophene rings is 1. The third-order valence-corrected chi connectivity index (χ3v) is 4.39. The third-order valence-electron chi connectivity index (χ3n) is 3.54. The van der Waals surface area contributed by atoms with Gasteiger partial charge < -0.3 is 4.42 Å². The molecule has 0 saturated carbocycles. The molecule has 0 saturated heterocycles.